The second kappa shape index (κ2) is 38.0. The maximum atomic E-state index is 9.11. The van der Waals surface area contributed by atoms with Gasteiger partial charge in [0.05, 0.1) is 13.2 Å². The summed E-state index contributed by atoms with van der Waals surface area (Å²) in [6, 6.07) is 0. The summed E-state index contributed by atoms with van der Waals surface area (Å²) in [6.07, 6.45) is 23.7. The molecule has 344 valence electrons. The Morgan fingerprint density at radius 1 is 0.552 bits per heavy atom. The molecular weight excluding hydrogens is 785 g/mol. The molecule has 0 aromatic rings. The molecule has 13 atom stereocenters. The third-order valence-electron chi connectivity index (χ3n) is 14.1. The lowest BCUT2D eigenvalue weighted by molar-refractivity contribution is 0.264. The summed E-state index contributed by atoms with van der Waals surface area (Å²) >= 11 is 8.21. The molecule has 0 aromatic carbocycles. The SMILES string of the molecule is C=CC(C)CC.C=CC(CC)CC(CCSCCC)CC1CC(C)C(C)C1CSCCC.C=CC(CC)CC(CCSCCO)CC1CC(C)C(C)C1CSCCO. The molecular formula is C52H100O2S4. The molecule has 0 radical (unpaired) electrons. The third-order valence-corrected chi connectivity index (χ3v) is 18.8. The number of allylic oxidation sites excluding steroid dienone is 3. The van der Waals surface area contributed by atoms with Crippen LogP contribution < -0.4 is 0 Å². The van der Waals surface area contributed by atoms with Crippen LogP contribution in [0.1, 0.15) is 153 Å². The monoisotopic (exact) mass is 885 g/mol. The minimum Gasteiger partial charge on any atom is -0.396 e. The smallest absolute Gasteiger partial charge is 0.0521 e. The van der Waals surface area contributed by atoms with Crippen LogP contribution in [0, 0.1) is 76.9 Å². The molecule has 0 spiro atoms. The van der Waals surface area contributed by atoms with Gasteiger partial charge in [0.2, 0.25) is 0 Å². The maximum absolute atomic E-state index is 9.11. The lowest BCUT2D eigenvalue weighted by Gasteiger charge is -2.28. The summed E-state index contributed by atoms with van der Waals surface area (Å²) in [5.74, 6) is 20.3. The van der Waals surface area contributed by atoms with E-state index in [0.29, 0.717) is 25.0 Å². The number of rotatable bonds is 32. The Morgan fingerprint density at radius 2 is 0.948 bits per heavy atom. The quantitative estimate of drug-likeness (QED) is 0.0518. The Balaban J connectivity index is 0.000000981. The van der Waals surface area contributed by atoms with Crippen molar-refractivity contribution in [2.24, 2.45) is 76.9 Å². The summed E-state index contributed by atoms with van der Waals surface area (Å²) in [7, 11) is 0. The molecule has 2 fully saturated rings. The number of hydrogen-bond donors (Lipinski definition) is 2. The van der Waals surface area contributed by atoms with Gasteiger partial charge in [-0.3, -0.25) is 0 Å². The van der Waals surface area contributed by atoms with Gasteiger partial charge < -0.3 is 10.2 Å². The van der Waals surface area contributed by atoms with E-state index >= 15 is 0 Å². The molecule has 2 N–H and O–H groups in total. The fourth-order valence-corrected chi connectivity index (χ4v) is 13.8. The normalized spacial score (nSPS) is 26.7. The Morgan fingerprint density at radius 3 is 1.29 bits per heavy atom. The highest BCUT2D eigenvalue weighted by atomic mass is 32.2. The highest BCUT2D eigenvalue weighted by Gasteiger charge is 2.40. The van der Waals surface area contributed by atoms with Gasteiger partial charge in [-0.15, -0.1) is 19.7 Å². The molecule has 6 heteroatoms. The van der Waals surface area contributed by atoms with Crippen LogP contribution in [0.25, 0.3) is 0 Å². The lowest BCUT2D eigenvalue weighted by atomic mass is 9.80. The summed E-state index contributed by atoms with van der Waals surface area (Å²) in [5.41, 5.74) is 0. The zero-order valence-electron chi connectivity index (χ0n) is 40.1. The van der Waals surface area contributed by atoms with Gasteiger partial charge >= 0.3 is 0 Å². The van der Waals surface area contributed by atoms with Crippen LogP contribution in [0.3, 0.4) is 0 Å². The Hall–Kier alpha value is 0.540. The van der Waals surface area contributed by atoms with E-state index in [1.807, 2.05) is 29.6 Å². The van der Waals surface area contributed by atoms with Gasteiger partial charge in [-0.25, -0.2) is 0 Å². The summed E-state index contributed by atoms with van der Waals surface area (Å²) in [4.78, 5) is 0. The average Bonchev–Trinajstić information content (AvgIpc) is 3.65. The zero-order chi connectivity index (χ0) is 43.7. The van der Waals surface area contributed by atoms with Crippen LogP contribution in [0.5, 0.6) is 0 Å². The second-order valence-electron chi connectivity index (χ2n) is 18.5. The minimum absolute atomic E-state index is 0.293. The first kappa shape index (κ1) is 58.5. The molecule has 13 unspecified atom stereocenters. The third kappa shape index (κ3) is 25.6. The van der Waals surface area contributed by atoms with E-state index in [9.17, 15) is 0 Å². The van der Waals surface area contributed by atoms with E-state index in [1.54, 1.807) is 0 Å². The van der Waals surface area contributed by atoms with Crippen LogP contribution >= 0.6 is 47.0 Å². The number of aliphatic hydroxyl groups is 2. The molecule has 0 saturated heterocycles. The molecule has 0 amide bonds. The van der Waals surface area contributed by atoms with Crippen LogP contribution in [0.2, 0.25) is 0 Å². The molecule has 0 aliphatic heterocycles. The topological polar surface area (TPSA) is 40.5 Å². The van der Waals surface area contributed by atoms with E-state index in [-0.39, 0.29) is 0 Å². The first-order valence-corrected chi connectivity index (χ1v) is 29.0. The standard InChI is InChI=1S/C24H46S2.C22H42O2S2.C6H12/c1-7-12-25-14-11-22(16-21(9-3)10-4)17-23-15-19(5)20(6)24(23)18-26-13-8-2;1-5-19(6-2)14-20(7-10-25-11-8-23)15-21-13-17(3)18(4)22(21)16-26-12-9-24;1-4-6(3)5-2/h9,19-24H,3,7-8,10-18H2,1-2,4-6H3;5,17-24H,1,6-16H2,2-4H3;4,6H,1,5H2,2-3H3. The molecule has 0 bridgehead atoms. The highest BCUT2D eigenvalue weighted by Crippen LogP contribution is 2.48. The molecule has 2 aliphatic rings. The average molecular weight is 886 g/mol. The van der Waals surface area contributed by atoms with Gasteiger partial charge in [0.25, 0.3) is 0 Å². The van der Waals surface area contributed by atoms with Gasteiger partial charge in [-0.05, 0) is 188 Å². The van der Waals surface area contributed by atoms with Crippen molar-refractivity contribution in [1.29, 1.82) is 0 Å². The van der Waals surface area contributed by atoms with Crippen molar-refractivity contribution in [3.63, 3.8) is 0 Å². The first-order valence-electron chi connectivity index (χ1n) is 24.3. The lowest BCUT2D eigenvalue weighted by Crippen LogP contribution is -2.21. The molecule has 0 heterocycles. The number of thioether (sulfide) groups is 4. The van der Waals surface area contributed by atoms with Gasteiger partial charge in [-0.2, -0.15) is 47.0 Å². The summed E-state index contributed by atoms with van der Waals surface area (Å²) in [6.45, 7) is 35.8. The largest absolute Gasteiger partial charge is 0.396 e. The van der Waals surface area contributed by atoms with E-state index < -0.39 is 0 Å². The van der Waals surface area contributed by atoms with Gasteiger partial charge in [-0.1, -0.05) is 93.9 Å². The Bertz CT molecular complexity index is 894. The van der Waals surface area contributed by atoms with E-state index in [2.05, 4.69) is 125 Å². The Kier molecular flexibility index (Phi) is 38.4. The Labute approximate surface area is 381 Å². The molecule has 58 heavy (non-hydrogen) atoms. The molecule has 2 nitrogen and oxygen atoms in total. The fourth-order valence-electron chi connectivity index (χ4n) is 9.52. The highest BCUT2D eigenvalue weighted by molar-refractivity contribution is 7.99. The zero-order valence-corrected chi connectivity index (χ0v) is 43.4. The predicted molar refractivity (Wildman–Crippen MR) is 276 cm³/mol. The van der Waals surface area contributed by atoms with Crippen LogP contribution in [-0.2, 0) is 0 Å². The van der Waals surface area contributed by atoms with Crippen LogP contribution in [-0.4, -0.2) is 69.4 Å². The van der Waals surface area contributed by atoms with E-state index in [0.717, 1.165) is 76.6 Å². The van der Waals surface area contributed by atoms with Crippen molar-refractivity contribution >= 4 is 47.0 Å². The predicted octanol–water partition coefficient (Wildman–Crippen LogP) is 15.7. The fraction of sp³-hybridized carbons (Fsp3) is 0.885. The van der Waals surface area contributed by atoms with E-state index in [4.69, 9.17) is 10.2 Å². The number of hydrogen-bond acceptors (Lipinski definition) is 6. The summed E-state index contributed by atoms with van der Waals surface area (Å²) < 4.78 is 0. The molecule has 2 rings (SSSR count). The molecule has 2 saturated carbocycles. The van der Waals surface area contributed by atoms with Gasteiger partial charge in [0, 0.05) is 11.5 Å². The van der Waals surface area contributed by atoms with Crippen LogP contribution in [0.4, 0.5) is 0 Å². The van der Waals surface area contributed by atoms with E-state index in [1.165, 1.54) is 118 Å². The minimum atomic E-state index is 0.293. The summed E-state index contributed by atoms with van der Waals surface area (Å²) in [5, 5.41) is 18.1. The van der Waals surface area contributed by atoms with Crippen molar-refractivity contribution in [2.75, 3.05) is 59.2 Å². The van der Waals surface area contributed by atoms with Crippen molar-refractivity contribution in [1.82, 2.24) is 0 Å². The number of aliphatic hydroxyl groups excluding tert-OH is 2. The molecule has 2 aliphatic carbocycles. The van der Waals surface area contributed by atoms with Crippen molar-refractivity contribution in [3.05, 3.63) is 38.0 Å². The van der Waals surface area contributed by atoms with Gasteiger partial charge in [0.15, 0.2) is 0 Å². The van der Waals surface area contributed by atoms with Crippen LogP contribution in [0.15, 0.2) is 38.0 Å². The van der Waals surface area contributed by atoms with Crippen molar-refractivity contribution in [2.45, 2.75) is 153 Å². The molecule has 0 aromatic heterocycles. The van der Waals surface area contributed by atoms with Crippen molar-refractivity contribution in [3.8, 4) is 0 Å². The first-order chi connectivity index (χ1) is 27.9. The second-order valence-corrected chi connectivity index (χ2v) is 23.2. The van der Waals surface area contributed by atoms with Gasteiger partial charge in [0.1, 0.15) is 0 Å². The maximum Gasteiger partial charge on any atom is 0.0521 e. The van der Waals surface area contributed by atoms with Crippen molar-refractivity contribution < 1.29 is 10.2 Å².